The first-order valence-electron chi connectivity index (χ1n) is 7.09. The van der Waals surface area contributed by atoms with E-state index in [-0.39, 0.29) is 5.91 Å². The fourth-order valence-corrected chi connectivity index (χ4v) is 1.90. The summed E-state index contributed by atoms with van der Waals surface area (Å²) < 4.78 is 0. The number of hydrogen-bond acceptors (Lipinski definition) is 4. The standard InChI is InChI=1S/C16H19ClN4O/c1-10(2)7-20-16(22)14-8-19-15(9-18-14)21-12-5-4-11(3)13(17)6-12/h4-6,8-10H,7H2,1-3H3,(H,19,21)(H,20,22). The van der Waals surface area contributed by atoms with E-state index in [1.54, 1.807) is 0 Å². The first kappa shape index (κ1) is 16.2. The Bertz CT molecular complexity index is 656. The van der Waals surface area contributed by atoms with Crippen molar-refractivity contribution in [2.75, 3.05) is 11.9 Å². The summed E-state index contributed by atoms with van der Waals surface area (Å²) >= 11 is 6.08. The van der Waals surface area contributed by atoms with Crippen LogP contribution in [0.4, 0.5) is 11.5 Å². The molecule has 1 aromatic heterocycles. The summed E-state index contributed by atoms with van der Waals surface area (Å²) in [4.78, 5) is 20.2. The summed E-state index contributed by atoms with van der Waals surface area (Å²) in [5, 5.41) is 6.58. The maximum atomic E-state index is 11.8. The number of aryl methyl sites for hydroxylation is 1. The minimum Gasteiger partial charge on any atom is -0.350 e. The highest BCUT2D eigenvalue weighted by Crippen LogP contribution is 2.22. The van der Waals surface area contributed by atoms with Crippen LogP contribution in [-0.4, -0.2) is 22.4 Å². The molecule has 0 saturated carbocycles. The Morgan fingerprint density at radius 3 is 2.64 bits per heavy atom. The lowest BCUT2D eigenvalue weighted by Crippen LogP contribution is -2.28. The normalized spacial score (nSPS) is 10.6. The van der Waals surface area contributed by atoms with Crippen LogP contribution in [0.25, 0.3) is 0 Å². The molecule has 0 atom stereocenters. The lowest BCUT2D eigenvalue weighted by atomic mass is 10.2. The molecular formula is C16H19ClN4O. The van der Waals surface area contributed by atoms with Crippen molar-refractivity contribution < 1.29 is 4.79 Å². The van der Waals surface area contributed by atoms with Crippen LogP contribution >= 0.6 is 11.6 Å². The van der Waals surface area contributed by atoms with Crippen LogP contribution < -0.4 is 10.6 Å². The Kier molecular flexibility index (Phi) is 5.33. The monoisotopic (exact) mass is 318 g/mol. The van der Waals surface area contributed by atoms with Crippen LogP contribution in [0.15, 0.2) is 30.6 Å². The Labute approximate surface area is 135 Å². The minimum absolute atomic E-state index is 0.217. The second kappa shape index (κ2) is 7.22. The number of nitrogens with zero attached hydrogens (tertiary/aromatic N) is 2. The summed E-state index contributed by atoms with van der Waals surface area (Å²) in [6, 6.07) is 5.65. The zero-order valence-corrected chi connectivity index (χ0v) is 13.6. The first-order valence-corrected chi connectivity index (χ1v) is 7.47. The molecule has 0 aliphatic heterocycles. The zero-order valence-electron chi connectivity index (χ0n) is 12.9. The van der Waals surface area contributed by atoms with Crippen molar-refractivity contribution in [1.29, 1.82) is 0 Å². The number of amides is 1. The lowest BCUT2D eigenvalue weighted by molar-refractivity contribution is 0.0943. The van der Waals surface area contributed by atoms with Gasteiger partial charge in [0.05, 0.1) is 12.4 Å². The number of carbonyl (C=O) groups is 1. The molecule has 1 amide bonds. The molecule has 2 aromatic rings. The van der Waals surface area contributed by atoms with E-state index in [1.807, 2.05) is 39.0 Å². The predicted molar refractivity (Wildman–Crippen MR) is 88.7 cm³/mol. The van der Waals surface area contributed by atoms with Crippen LogP contribution in [-0.2, 0) is 0 Å². The van der Waals surface area contributed by atoms with Crippen LogP contribution in [0.3, 0.4) is 0 Å². The molecule has 6 heteroatoms. The number of nitrogens with one attached hydrogen (secondary N) is 2. The quantitative estimate of drug-likeness (QED) is 0.884. The lowest BCUT2D eigenvalue weighted by Gasteiger charge is -2.09. The van der Waals surface area contributed by atoms with E-state index < -0.39 is 0 Å². The molecule has 0 saturated heterocycles. The summed E-state index contributed by atoms with van der Waals surface area (Å²) in [5.74, 6) is 0.732. The van der Waals surface area contributed by atoms with Crippen LogP contribution in [0.2, 0.25) is 5.02 Å². The average molecular weight is 319 g/mol. The van der Waals surface area contributed by atoms with Gasteiger partial charge in [-0.1, -0.05) is 31.5 Å². The predicted octanol–water partition coefficient (Wildman–Crippen LogP) is 3.57. The molecule has 0 fully saturated rings. The molecule has 22 heavy (non-hydrogen) atoms. The summed E-state index contributed by atoms with van der Waals surface area (Å²) in [6.45, 7) is 6.62. The van der Waals surface area contributed by atoms with Crippen molar-refractivity contribution in [2.45, 2.75) is 20.8 Å². The fourth-order valence-electron chi connectivity index (χ4n) is 1.72. The van der Waals surface area contributed by atoms with Crippen LogP contribution in [0.1, 0.15) is 29.9 Å². The summed E-state index contributed by atoms with van der Waals surface area (Å²) in [7, 11) is 0. The van der Waals surface area contributed by atoms with E-state index in [1.165, 1.54) is 12.4 Å². The van der Waals surface area contributed by atoms with Gasteiger partial charge in [-0.15, -0.1) is 0 Å². The number of aromatic nitrogens is 2. The van der Waals surface area contributed by atoms with E-state index in [9.17, 15) is 4.79 Å². The zero-order chi connectivity index (χ0) is 16.1. The number of anilines is 2. The van der Waals surface area contributed by atoms with Crippen molar-refractivity contribution in [3.63, 3.8) is 0 Å². The SMILES string of the molecule is Cc1ccc(Nc2cnc(C(=O)NCC(C)C)cn2)cc1Cl. The molecule has 116 valence electrons. The maximum Gasteiger partial charge on any atom is 0.271 e. The van der Waals surface area contributed by atoms with Gasteiger partial charge in [-0.05, 0) is 30.5 Å². The van der Waals surface area contributed by atoms with Crippen LogP contribution in [0, 0.1) is 12.8 Å². The molecule has 0 aliphatic rings. The molecule has 2 N–H and O–H groups in total. The minimum atomic E-state index is -0.217. The molecular weight excluding hydrogens is 300 g/mol. The van der Waals surface area contributed by atoms with Gasteiger partial charge < -0.3 is 10.6 Å². The van der Waals surface area contributed by atoms with E-state index in [0.29, 0.717) is 29.0 Å². The van der Waals surface area contributed by atoms with Gasteiger partial charge >= 0.3 is 0 Å². The summed E-state index contributed by atoms with van der Waals surface area (Å²) in [5.41, 5.74) is 2.13. The molecule has 1 heterocycles. The Morgan fingerprint density at radius 2 is 2.05 bits per heavy atom. The number of hydrogen-bond donors (Lipinski definition) is 2. The third-order valence-electron chi connectivity index (χ3n) is 3.00. The molecule has 0 radical (unpaired) electrons. The smallest absolute Gasteiger partial charge is 0.271 e. The fraction of sp³-hybridized carbons (Fsp3) is 0.312. The van der Waals surface area contributed by atoms with E-state index >= 15 is 0 Å². The van der Waals surface area contributed by atoms with Gasteiger partial charge in [0.25, 0.3) is 5.91 Å². The van der Waals surface area contributed by atoms with Gasteiger partial charge in [0, 0.05) is 17.3 Å². The largest absolute Gasteiger partial charge is 0.350 e. The third kappa shape index (κ3) is 4.43. The first-order chi connectivity index (χ1) is 10.5. The highest BCUT2D eigenvalue weighted by molar-refractivity contribution is 6.31. The molecule has 0 aliphatic carbocycles. The van der Waals surface area contributed by atoms with Crippen LogP contribution in [0.5, 0.6) is 0 Å². The molecule has 0 unspecified atom stereocenters. The molecule has 0 spiro atoms. The van der Waals surface area contributed by atoms with Gasteiger partial charge in [-0.25, -0.2) is 9.97 Å². The second-order valence-electron chi connectivity index (χ2n) is 5.48. The van der Waals surface area contributed by atoms with E-state index in [4.69, 9.17) is 11.6 Å². The molecule has 0 bridgehead atoms. The molecule has 1 aromatic carbocycles. The number of halogens is 1. The van der Waals surface area contributed by atoms with Gasteiger partial charge in [0.15, 0.2) is 0 Å². The third-order valence-corrected chi connectivity index (χ3v) is 3.41. The number of benzene rings is 1. The van der Waals surface area contributed by atoms with Gasteiger partial charge in [0.1, 0.15) is 11.5 Å². The van der Waals surface area contributed by atoms with E-state index in [2.05, 4.69) is 20.6 Å². The Balaban J connectivity index is 2.02. The topological polar surface area (TPSA) is 66.9 Å². The van der Waals surface area contributed by atoms with Gasteiger partial charge in [-0.3, -0.25) is 4.79 Å². The van der Waals surface area contributed by atoms with Crippen molar-refractivity contribution in [1.82, 2.24) is 15.3 Å². The molecule has 2 rings (SSSR count). The maximum absolute atomic E-state index is 11.8. The highest BCUT2D eigenvalue weighted by Gasteiger charge is 2.08. The average Bonchev–Trinajstić information content (AvgIpc) is 2.49. The van der Waals surface area contributed by atoms with Gasteiger partial charge in [0.2, 0.25) is 0 Å². The highest BCUT2D eigenvalue weighted by atomic mass is 35.5. The van der Waals surface area contributed by atoms with Gasteiger partial charge in [-0.2, -0.15) is 0 Å². The Hall–Kier alpha value is -2.14. The molecule has 5 nitrogen and oxygen atoms in total. The number of rotatable bonds is 5. The second-order valence-corrected chi connectivity index (χ2v) is 5.89. The van der Waals surface area contributed by atoms with Crippen molar-refractivity contribution >= 4 is 29.0 Å². The van der Waals surface area contributed by atoms with E-state index in [0.717, 1.165) is 11.3 Å². The summed E-state index contributed by atoms with van der Waals surface area (Å²) in [6.07, 6.45) is 2.98. The van der Waals surface area contributed by atoms with Crippen molar-refractivity contribution in [3.05, 3.63) is 46.9 Å². The Morgan fingerprint density at radius 1 is 1.27 bits per heavy atom. The number of carbonyl (C=O) groups excluding carboxylic acids is 1. The van der Waals surface area contributed by atoms with Crippen molar-refractivity contribution in [2.24, 2.45) is 5.92 Å². The van der Waals surface area contributed by atoms with Crippen molar-refractivity contribution in [3.8, 4) is 0 Å².